The smallest absolute Gasteiger partial charge is 0.138 e. The van der Waals surface area contributed by atoms with Crippen molar-refractivity contribution in [3.63, 3.8) is 0 Å². The van der Waals surface area contributed by atoms with Crippen molar-refractivity contribution in [2.24, 2.45) is 0 Å². The first-order valence-corrected chi connectivity index (χ1v) is 13.9. The number of fused-ring (bicyclic) bond motifs is 2. The predicted octanol–water partition coefficient (Wildman–Crippen LogP) is 9.13. The van der Waals surface area contributed by atoms with E-state index in [1.54, 1.807) is 0 Å². The zero-order valence-corrected chi connectivity index (χ0v) is 23.4. The lowest BCUT2D eigenvalue weighted by atomic mass is 9.92. The molecule has 0 amide bonds. The van der Waals surface area contributed by atoms with Gasteiger partial charge in [-0.3, -0.25) is 9.80 Å². The normalized spacial score (nSPS) is 11.1. The molecule has 3 aromatic carbocycles. The van der Waals surface area contributed by atoms with Crippen molar-refractivity contribution in [2.45, 2.75) is 13.8 Å². The van der Waals surface area contributed by atoms with Crippen LogP contribution in [0.2, 0.25) is 0 Å². The summed E-state index contributed by atoms with van der Waals surface area (Å²) < 4.78 is 0. The first-order valence-electron chi connectivity index (χ1n) is 13.9. The van der Waals surface area contributed by atoms with E-state index in [-0.39, 0.29) is 0 Å². The topological polar surface area (TPSA) is 58.0 Å². The van der Waals surface area contributed by atoms with Crippen molar-refractivity contribution in [3.8, 4) is 0 Å². The lowest BCUT2D eigenvalue weighted by molar-refractivity contribution is 1.13. The van der Waals surface area contributed by atoms with Crippen LogP contribution >= 0.6 is 0 Å². The lowest BCUT2D eigenvalue weighted by Gasteiger charge is -2.25. The Labute approximate surface area is 244 Å². The summed E-state index contributed by atoms with van der Waals surface area (Å²) >= 11 is 0. The Hall–Kier alpha value is -5.62. The van der Waals surface area contributed by atoms with E-state index < -0.39 is 0 Å². The Morgan fingerprint density at radius 3 is 1.02 bits per heavy atom. The molecule has 202 valence electrons. The molecule has 42 heavy (non-hydrogen) atoms. The Kier molecular flexibility index (Phi) is 6.49. The average molecular weight is 545 g/mol. The third-order valence-corrected chi connectivity index (χ3v) is 7.65. The van der Waals surface area contributed by atoms with E-state index in [0.29, 0.717) is 0 Å². The summed E-state index contributed by atoms with van der Waals surface area (Å²) in [6.45, 7) is 4.41. The molecular formula is C36H28N6. The minimum absolute atomic E-state index is 0.814. The van der Waals surface area contributed by atoms with Gasteiger partial charge in [-0.15, -0.1) is 0 Å². The molecule has 0 aliphatic rings. The van der Waals surface area contributed by atoms with Crippen LogP contribution in [0.25, 0.3) is 21.5 Å². The van der Waals surface area contributed by atoms with E-state index in [0.717, 1.165) is 34.6 Å². The van der Waals surface area contributed by atoms with Crippen molar-refractivity contribution in [3.05, 3.63) is 145 Å². The molecule has 4 heterocycles. The third kappa shape index (κ3) is 4.49. The first kappa shape index (κ1) is 25.4. The monoisotopic (exact) mass is 544 g/mol. The first-order chi connectivity index (χ1) is 20.7. The Morgan fingerprint density at radius 1 is 0.381 bits per heavy atom. The molecule has 7 rings (SSSR count). The van der Waals surface area contributed by atoms with Gasteiger partial charge in [0.2, 0.25) is 0 Å². The van der Waals surface area contributed by atoms with Crippen molar-refractivity contribution in [2.75, 3.05) is 9.80 Å². The third-order valence-electron chi connectivity index (χ3n) is 7.65. The van der Waals surface area contributed by atoms with E-state index in [2.05, 4.69) is 80.0 Å². The Morgan fingerprint density at radius 2 is 0.714 bits per heavy atom. The minimum atomic E-state index is 0.814. The zero-order chi connectivity index (χ0) is 28.5. The summed E-state index contributed by atoms with van der Waals surface area (Å²) in [6, 6.07) is 37.0. The van der Waals surface area contributed by atoms with Gasteiger partial charge in [-0.2, -0.15) is 0 Å². The lowest BCUT2D eigenvalue weighted by Crippen LogP contribution is -2.13. The van der Waals surface area contributed by atoms with Gasteiger partial charge in [-0.25, -0.2) is 19.9 Å². The average Bonchev–Trinajstić information content (AvgIpc) is 3.06. The SMILES string of the molecule is Cc1c2ccc(N(c3ccccn3)c3ccccn3)cc2c(C)c2cc(N(c3ccccn3)c3ccccn3)ccc12. The number of benzene rings is 3. The van der Waals surface area contributed by atoms with Crippen LogP contribution in [-0.4, -0.2) is 19.9 Å². The summed E-state index contributed by atoms with van der Waals surface area (Å²) in [4.78, 5) is 22.8. The van der Waals surface area contributed by atoms with Gasteiger partial charge in [0, 0.05) is 36.2 Å². The molecule has 0 N–H and O–H groups in total. The van der Waals surface area contributed by atoms with Crippen LogP contribution in [0.15, 0.2) is 134 Å². The molecule has 0 saturated heterocycles. The van der Waals surface area contributed by atoms with E-state index in [1.165, 1.54) is 32.7 Å². The van der Waals surface area contributed by atoms with E-state index in [9.17, 15) is 0 Å². The number of hydrogen-bond donors (Lipinski definition) is 0. The van der Waals surface area contributed by atoms with Gasteiger partial charge in [0.1, 0.15) is 23.3 Å². The Bertz CT molecular complexity index is 1770. The van der Waals surface area contributed by atoms with Gasteiger partial charge < -0.3 is 0 Å². The van der Waals surface area contributed by atoms with Crippen molar-refractivity contribution < 1.29 is 0 Å². The van der Waals surface area contributed by atoms with Crippen LogP contribution in [0.4, 0.5) is 34.6 Å². The van der Waals surface area contributed by atoms with Crippen LogP contribution in [0.5, 0.6) is 0 Å². The maximum atomic E-state index is 4.66. The molecule has 0 atom stereocenters. The van der Waals surface area contributed by atoms with Crippen LogP contribution < -0.4 is 9.80 Å². The molecular weight excluding hydrogens is 516 g/mol. The number of hydrogen-bond acceptors (Lipinski definition) is 6. The zero-order valence-electron chi connectivity index (χ0n) is 23.4. The van der Waals surface area contributed by atoms with Crippen LogP contribution in [-0.2, 0) is 0 Å². The summed E-state index contributed by atoms with van der Waals surface area (Å²) in [5, 5.41) is 4.83. The molecule has 6 nitrogen and oxygen atoms in total. The Balaban J connectivity index is 1.43. The summed E-state index contributed by atoms with van der Waals surface area (Å²) in [5.74, 6) is 3.26. The van der Waals surface area contributed by atoms with E-state index in [1.807, 2.05) is 97.6 Å². The number of pyridine rings is 4. The molecule has 4 aromatic heterocycles. The molecule has 0 radical (unpaired) electrons. The standard InChI is InChI=1S/C36H28N6/c1-25-29-17-15-27(41(33-11-3-7-19-37-33)34-12-4-8-20-38-34)23-31(29)26(2)32-24-28(16-18-30(25)32)42(35-13-5-9-21-39-35)36-14-6-10-22-40-36/h3-24H,1-2H3. The maximum absolute atomic E-state index is 4.66. The molecule has 0 fully saturated rings. The maximum Gasteiger partial charge on any atom is 0.138 e. The summed E-state index contributed by atoms with van der Waals surface area (Å²) in [7, 11) is 0. The van der Waals surface area contributed by atoms with Gasteiger partial charge in [0.15, 0.2) is 0 Å². The van der Waals surface area contributed by atoms with Crippen LogP contribution in [0, 0.1) is 13.8 Å². The summed E-state index contributed by atoms with van der Waals surface area (Å²) in [6.07, 6.45) is 7.24. The minimum Gasteiger partial charge on any atom is -0.279 e. The number of nitrogens with zero attached hydrogens (tertiary/aromatic N) is 6. The fourth-order valence-electron chi connectivity index (χ4n) is 5.62. The van der Waals surface area contributed by atoms with Crippen LogP contribution in [0.1, 0.15) is 11.1 Å². The molecule has 0 unspecified atom stereocenters. The number of rotatable bonds is 6. The van der Waals surface area contributed by atoms with Crippen molar-refractivity contribution in [1.82, 2.24) is 19.9 Å². The molecule has 0 aliphatic heterocycles. The van der Waals surface area contributed by atoms with Gasteiger partial charge in [-0.05, 0) is 119 Å². The van der Waals surface area contributed by atoms with Gasteiger partial charge in [0.05, 0.1) is 0 Å². The molecule has 0 spiro atoms. The van der Waals surface area contributed by atoms with Crippen molar-refractivity contribution in [1.29, 1.82) is 0 Å². The predicted molar refractivity (Wildman–Crippen MR) is 171 cm³/mol. The highest BCUT2D eigenvalue weighted by molar-refractivity contribution is 6.07. The van der Waals surface area contributed by atoms with Gasteiger partial charge >= 0.3 is 0 Å². The van der Waals surface area contributed by atoms with Gasteiger partial charge in [-0.1, -0.05) is 36.4 Å². The largest absolute Gasteiger partial charge is 0.279 e. The molecule has 7 aromatic rings. The van der Waals surface area contributed by atoms with Crippen molar-refractivity contribution >= 4 is 56.2 Å². The fraction of sp³-hybridized carbons (Fsp3) is 0.0556. The van der Waals surface area contributed by atoms with Gasteiger partial charge in [0.25, 0.3) is 0 Å². The highest BCUT2D eigenvalue weighted by atomic mass is 15.2. The van der Waals surface area contributed by atoms with Crippen LogP contribution in [0.3, 0.4) is 0 Å². The molecule has 0 saturated carbocycles. The number of aromatic nitrogens is 4. The second-order valence-electron chi connectivity index (χ2n) is 10.1. The number of aryl methyl sites for hydroxylation is 2. The van der Waals surface area contributed by atoms with E-state index in [4.69, 9.17) is 0 Å². The molecule has 0 aliphatic carbocycles. The fourth-order valence-corrected chi connectivity index (χ4v) is 5.62. The number of anilines is 6. The van der Waals surface area contributed by atoms with E-state index >= 15 is 0 Å². The second kappa shape index (κ2) is 10.7. The quantitative estimate of drug-likeness (QED) is 0.195. The highest BCUT2D eigenvalue weighted by Crippen LogP contribution is 2.40. The molecule has 6 heteroatoms. The molecule has 0 bridgehead atoms. The summed E-state index contributed by atoms with van der Waals surface area (Å²) in [5.41, 5.74) is 4.45. The second-order valence-corrected chi connectivity index (χ2v) is 10.1. The highest BCUT2D eigenvalue weighted by Gasteiger charge is 2.19.